The molecule has 19 heavy (non-hydrogen) atoms. The van der Waals surface area contributed by atoms with Crippen LogP contribution in [-0.2, 0) is 4.79 Å². The van der Waals surface area contributed by atoms with Gasteiger partial charge in [-0.25, -0.2) is 0 Å². The fraction of sp³-hybridized carbons (Fsp3) is 0.933. The molecule has 1 aliphatic heterocycles. The first-order chi connectivity index (χ1) is 9.22. The molecular formula is C15H32N2O2. The lowest BCUT2D eigenvalue weighted by Gasteiger charge is -1.99. The van der Waals surface area contributed by atoms with Crippen molar-refractivity contribution in [1.82, 2.24) is 5.32 Å². The van der Waals surface area contributed by atoms with E-state index in [-0.39, 0.29) is 6.04 Å². The van der Waals surface area contributed by atoms with E-state index in [1.807, 2.05) is 0 Å². The summed E-state index contributed by atoms with van der Waals surface area (Å²) in [6.07, 6.45) is 12.8. The standard InChI is InChI=1S/C10H23N.C5H9NO2/c1-2-3-4-5-6-7-8-9-10-11;7-5(8)4-2-1-3-6-4/h2-11H2,1H3;4,6H,1-3H2,(H,7,8)/t;4-/m.0/s1. The first-order valence-electron chi connectivity index (χ1n) is 7.88. The van der Waals surface area contributed by atoms with Crippen LogP contribution in [0.3, 0.4) is 0 Å². The van der Waals surface area contributed by atoms with Gasteiger partial charge in [-0.05, 0) is 32.4 Å². The molecule has 0 aliphatic carbocycles. The molecule has 4 nitrogen and oxygen atoms in total. The minimum absolute atomic E-state index is 0.269. The summed E-state index contributed by atoms with van der Waals surface area (Å²) >= 11 is 0. The summed E-state index contributed by atoms with van der Waals surface area (Å²) in [6, 6.07) is -0.269. The van der Waals surface area contributed by atoms with Crippen molar-refractivity contribution in [3.8, 4) is 0 Å². The molecule has 114 valence electrons. The molecule has 1 rings (SSSR count). The van der Waals surface area contributed by atoms with Crippen LogP contribution < -0.4 is 11.1 Å². The van der Waals surface area contributed by atoms with Gasteiger partial charge in [0, 0.05) is 0 Å². The van der Waals surface area contributed by atoms with E-state index in [0.717, 1.165) is 25.9 Å². The number of rotatable bonds is 9. The fourth-order valence-corrected chi connectivity index (χ4v) is 2.17. The van der Waals surface area contributed by atoms with Crippen LogP contribution in [0.1, 0.15) is 71.1 Å². The van der Waals surface area contributed by atoms with Crippen LogP contribution in [0.25, 0.3) is 0 Å². The lowest BCUT2D eigenvalue weighted by molar-refractivity contribution is -0.139. The van der Waals surface area contributed by atoms with Gasteiger partial charge in [0.2, 0.25) is 0 Å². The van der Waals surface area contributed by atoms with Crippen molar-refractivity contribution >= 4 is 5.97 Å². The molecule has 1 heterocycles. The van der Waals surface area contributed by atoms with Gasteiger partial charge >= 0.3 is 5.97 Å². The highest BCUT2D eigenvalue weighted by atomic mass is 16.4. The maximum atomic E-state index is 10.1. The summed E-state index contributed by atoms with van der Waals surface area (Å²) in [5, 5.41) is 11.2. The average molecular weight is 272 g/mol. The third kappa shape index (κ3) is 12.2. The first-order valence-corrected chi connectivity index (χ1v) is 7.88. The van der Waals surface area contributed by atoms with Gasteiger partial charge in [-0.2, -0.15) is 0 Å². The second kappa shape index (κ2) is 13.8. The number of nitrogens with two attached hydrogens (primary N) is 1. The Labute approximate surface area is 118 Å². The Morgan fingerprint density at radius 3 is 2.11 bits per heavy atom. The molecule has 0 aromatic rings. The summed E-state index contributed by atoms with van der Waals surface area (Å²) < 4.78 is 0. The number of unbranched alkanes of at least 4 members (excludes halogenated alkanes) is 7. The normalized spacial score (nSPS) is 17.9. The Hall–Kier alpha value is -0.610. The number of nitrogens with one attached hydrogen (secondary N) is 1. The zero-order valence-corrected chi connectivity index (χ0v) is 12.5. The second-order valence-electron chi connectivity index (χ2n) is 5.25. The van der Waals surface area contributed by atoms with Crippen molar-refractivity contribution in [3.63, 3.8) is 0 Å². The Morgan fingerprint density at radius 2 is 1.74 bits per heavy atom. The molecule has 1 atom stereocenters. The summed E-state index contributed by atoms with van der Waals surface area (Å²) in [5.41, 5.74) is 5.39. The van der Waals surface area contributed by atoms with Crippen LogP contribution in [-0.4, -0.2) is 30.2 Å². The lowest BCUT2D eigenvalue weighted by Crippen LogP contribution is -2.29. The third-order valence-electron chi connectivity index (χ3n) is 3.42. The predicted molar refractivity (Wildman–Crippen MR) is 80.3 cm³/mol. The van der Waals surface area contributed by atoms with Crippen LogP contribution in [0, 0.1) is 0 Å². The van der Waals surface area contributed by atoms with Gasteiger partial charge in [-0.15, -0.1) is 0 Å². The van der Waals surface area contributed by atoms with Gasteiger partial charge in [0.1, 0.15) is 6.04 Å². The smallest absolute Gasteiger partial charge is 0.320 e. The van der Waals surface area contributed by atoms with Crippen LogP contribution >= 0.6 is 0 Å². The summed E-state index contributed by atoms with van der Waals surface area (Å²) in [5.74, 6) is -0.720. The fourth-order valence-electron chi connectivity index (χ4n) is 2.17. The molecule has 4 N–H and O–H groups in total. The van der Waals surface area contributed by atoms with Gasteiger partial charge in [0.25, 0.3) is 0 Å². The topological polar surface area (TPSA) is 75.4 Å². The zero-order chi connectivity index (χ0) is 14.3. The maximum absolute atomic E-state index is 10.1. The van der Waals surface area contributed by atoms with Gasteiger partial charge in [-0.3, -0.25) is 4.79 Å². The van der Waals surface area contributed by atoms with Crippen molar-refractivity contribution in [2.45, 2.75) is 77.2 Å². The molecule has 0 radical (unpaired) electrons. The molecule has 0 amide bonds. The maximum Gasteiger partial charge on any atom is 0.320 e. The molecule has 0 bridgehead atoms. The molecule has 0 unspecified atom stereocenters. The highest BCUT2D eigenvalue weighted by molar-refractivity contribution is 5.73. The monoisotopic (exact) mass is 272 g/mol. The van der Waals surface area contributed by atoms with Crippen molar-refractivity contribution in [2.24, 2.45) is 5.73 Å². The van der Waals surface area contributed by atoms with E-state index < -0.39 is 5.97 Å². The average Bonchev–Trinajstić information content (AvgIpc) is 2.93. The molecule has 4 heteroatoms. The van der Waals surface area contributed by atoms with Gasteiger partial charge in [-0.1, -0.05) is 51.9 Å². The molecule has 0 aromatic carbocycles. The van der Waals surface area contributed by atoms with Crippen LogP contribution in [0.15, 0.2) is 0 Å². The van der Waals surface area contributed by atoms with Gasteiger partial charge < -0.3 is 16.2 Å². The van der Waals surface area contributed by atoms with Crippen LogP contribution in [0.4, 0.5) is 0 Å². The lowest BCUT2D eigenvalue weighted by atomic mass is 10.1. The Bertz CT molecular complexity index is 196. The van der Waals surface area contributed by atoms with E-state index in [2.05, 4.69) is 12.2 Å². The minimum atomic E-state index is -0.720. The Morgan fingerprint density at radius 1 is 1.16 bits per heavy atom. The van der Waals surface area contributed by atoms with Crippen LogP contribution in [0.5, 0.6) is 0 Å². The van der Waals surface area contributed by atoms with Crippen LogP contribution in [0.2, 0.25) is 0 Å². The minimum Gasteiger partial charge on any atom is -0.480 e. The van der Waals surface area contributed by atoms with Crippen molar-refractivity contribution < 1.29 is 9.90 Å². The number of carboxylic acids is 1. The van der Waals surface area contributed by atoms with E-state index >= 15 is 0 Å². The highest BCUT2D eigenvalue weighted by Crippen LogP contribution is 2.07. The van der Waals surface area contributed by atoms with E-state index in [1.165, 1.54) is 51.4 Å². The largest absolute Gasteiger partial charge is 0.480 e. The number of aliphatic carboxylic acids is 1. The Balaban J connectivity index is 0.000000356. The van der Waals surface area contributed by atoms with Gasteiger partial charge in [0.15, 0.2) is 0 Å². The molecule has 1 aliphatic rings. The molecule has 1 fully saturated rings. The predicted octanol–water partition coefficient (Wildman–Crippen LogP) is 2.91. The second-order valence-corrected chi connectivity index (χ2v) is 5.25. The van der Waals surface area contributed by atoms with Crippen molar-refractivity contribution in [3.05, 3.63) is 0 Å². The molecular weight excluding hydrogens is 240 g/mol. The summed E-state index contributed by atoms with van der Waals surface area (Å²) in [6.45, 7) is 3.99. The Kier molecular flexibility index (Phi) is 13.4. The number of carbonyl (C=O) groups is 1. The number of hydrogen-bond donors (Lipinski definition) is 3. The molecule has 0 aromatic heterocycles. The third-order valence-corrected chi connectivity index (χ3v) is 3.42. The molecule has 0 saturated carbocycles. The van der Waals surface area contributed by atoms with Crippen molar-refractivity contribution in [2.75, 3.05) is 13.1 Å². The van der Waals surface area contributed by atoms with E-state index in [1.54, 1.807) is 0 Å². The van der Waals surface area contributed by atoms with E-state index in [9.17, 15) is 4.79 Å². The quantitative estimate of drug-likeness (QED) is 0.564. The van der Waals surface area contributed by atoms with E-state index in [4.69, 9.17) is 10.8 Å². The highest BCUT2D eigenvalue weighted by Gasteiger charge is 2.20. The summed E-state index contributed by atoms with van der Waals surface area (Å²) in [4.78, 5) is 10.1. The van der Waals surface area contributed by atoms with Gasteiger partial charge in [0.05, 0.1) is 0 Å². The zero-order valence-electron chi connectivity index (χ0n) is 12.5. The molecule has 0 spiro atoms. The SMILES string of the molecule is CCCCCCCCCCN.O=C(O)[C@@H]1CCCN1. The number of hydrogen-bond acceptors (Lipinski definition) is 3. The molecule has 1 saturated heterocycles. The summed E-state index contributed by atoms with van der Waals surface area (Å²) in [7, 11) is 0. The van der Waals surface area contributed by atoms with Crippen molar-refractivity contribution in [1.29, 1.82) is 0 Å². The first kappa shape index (κ1) is 18.4. The van der Waals surface area contributed by atoms with E-state index in [0.29, 0.717) is 0 Å². The number of carboxylic acid groups (broad SMARTS) is 1.